The molecule has 1 N–H and O–H groups in total. The van der Waals surface area contributed by atoms with Gasteiger partial charge in [0.2, 0.25) is 11.8 Å². The van der Waals surface area contributed by atoms with Crippen LogP contribution in [0.4, 0.5) is 4.39 Å². The smallest absolute Gasteiger partial charge is 0.226 e. The van der Waals surface area contributed by atoms with Gasteiger partial charge in [0.05, 0.1) is 36.0 Å². The Morgan fingerprint density at radius 1 is 1.42 bits per heavy atom. The molecular weight excluding hydrogens is 423 g/mol. The van der Waals surface area contributed by atoms with Crippen LogP contribution >= 0.6 is 11.6 Å². The molecule has 10 heteroatoms. The van der Waals surface area contributed by atoms with Crippen LogP contribution in [0.25, 0.3) is 11.3 Å². The molecule has 0 saturated carbocycles. The molecule has 160 valence electrons. The van der Waals surface area contributed by atoms with Crippen LogP contribution in [0.15, 0.2) is 30.5 Å². The number of hydrogen-bond acceptors (Lipinski definition) is 5. The van der Waals surface area contributed by atoms with E-state index in [9.17, 15) is 9.18 Å². The van der Waals surface area contributed by atoms with Crippen LogP contribution in [0.3, 0.4) is 0 Å². The second kappa shape index (κ2) is 8.78. The summed E-state index contributed by atoms with van der Waals surface area (Å²) in [5, 5.41) is 20.7. The third kappa shape index (κ3) is 4.70. The van der Waals surface area contributed by atoms with Crippen molar-refractivity contribution < 1.29 is 13.9 Å². The van der Waals surface area contributed by atoms with Crippen LogP contribution in [-0.4, -0.2) is 38.1 Å². The summed E-state index contributed by atoms with van der Waals surface area (Å²) in [5.74, 6) is -0.131. The Kier molecular flexibility index (Phi) is 5.91. The molecule has 0 bridgehead atoms. The predicted molar refractivity (Wildman–Crippen MR) is 111 cm³/mol. The molecule has 0 saturated heterocycles. The SMILES string of the molecule is C[C@@H](Cn1ccc(-c2cc(F)c(C#N)c(Cl)c2)n1)NC(=O)Cc1cc2n(n1)CCCO2. The van der Waals surface area contributed by atoms with E-state index < -0.39 is 5.82 Å². The first-order chi connectivity index (χ1) is 14.9. The fraction of sp³-hybridized carbons (Fsp3) is 0.333. The number of hydrogen-bond donors (Lipinski definition) is 1. The minimum Gasteiger partial charge on any atom is -0.478 e. The van der Waals surface area contributed by atoms with E-state index in [1.165, 1.54) is 12.1 Å². The molecule has 1 amide bonds. The van der Waals surface area contributed by atoms with Gasteiger partial charge in [-0.2, -0.15) is 15.5 Å². The molecule has 4 rings (SSSR count). The van der Waals surface area contributed by atoms with Crippen LogP contribution in [0.1, 0.15) is 24.6 Å². The molecule has 1 aliphatic heterocycles. The number of nitriles is 1. The monoisotopic (exact) mass is 442 g/mol. The number of fused-ring (bicyclic) bond motifs is 1. The zero-order chi connectivity index (χ0) is 22.0. The van der Waals surface area contributed by atoms with Crippen LogP contribution in [0, 0.1) is 17.1 Å². The molecule has 0 unspecified atom stereocenters. The van der Waals surface area contributed by atoms with E-state index in [2.05, 4.69) is 15.5 Å². The number of halogens is 2. The van der Waals surface area contributed by atoms with E-state index in [1.54, 1.807) is 33.8 Å². The minimum absolute atomic E-state index is 0.0408. The number of aryl methyl sites for hydroxylation is 1. The molecule has 31 heavy (non-hydrogen) atoms. The van der Waals surface area contributed by atoms with Gasteiger partial charge in [0.15, 0.2) is 0 Å². The summed E-state index contributed by atoms with van der Waals surface area (Å²) in [6.07, 6.45) is 2.81. The van der Waals surface area contributed by atoms with Gasteiger partial charge in [-0.1, -0.05) is 11.6 Å². The largest absolute Gasteiger partial charge is 0.478 e. The quantitative estimate of drug-likeness (QED) is 0.633. The van der Waals surface area contributed by atoms with E-state index >= 15 is 0 Å². The van der Waals surface area contributed by atoms with Crippen LogP contribution in [0.5, 0.6) is 5.88 Å². The van der Waals surface area contributed by atoms with Crippen molar-refractivity contribution in [1.82, 2.24) is 24.9 Å². The molecule has 0 fully saturated rings. The highest BCUT2D eigenvalue weighted by Gasteiger charge is 2.17. The van der Waals surface area contributed by atoms with Crippen LogP contribution in [-0.2, 0) is 24.3 Å². The Bertz CT molecular complexity index is 1120. The van der Waals surface area contributed by atoms with Gasteiger partial charge in [-0.05, 0) is 25.1 Å². The van der Waals surface area contributed by atoms with Gasteiger partial charge in [0, 0.05) is 36.8 Å². The Labute approximate surface area is 183 Å². The Morgan fingerprint density at radius 2 is 2.26 bits per heavy atom. The first kappa shape index (κ1) is 20.9. The summed E-state index contributed by atoms with van der Waals surface area (Å²) >= 11 is 5.97. The molecule has 3 heterocycles. The highest BCUT2D eigenvalue weighted by molar-refractivity contribution is 6.32. The number of carbonyl (C=O) groups excluding carboxylic acids is 1. The number of amides is 1. The average Bonchev–Trinajstić information content (AvgIpc) is 3.33. The van der Waals surface area contributed by atoms with E-state index in [0.29, 0.717) is 36.0 Å². The van der Waals surface area contributed by atoms with Gasteiger partial charge in [0.25, 0.3) is 0 Å². The number of nitrogens with one attached hydrogen (secondary N) is 1. The Balaban J connectivity index is 1.35. The Morgan fingerprint density at radius 3 is 3.00 bits per heavy atom. The van der Waals surface area contributed by atoms with Crippen LogP contribution < -0.4 is 10.1 Å². The van der Waals surface area contributed by atoms with E-state index in [-0.39, 0.29) is 29.0 Å². The van der Waals surface area contributed by atoms with Gasteiger partial charge >= 0.3 is 0 Å². The number of nitrogens with zero attached hydrogens (tertiary/aromatic N) is 5. The lowest BCUT2D eigenvalue weighted by atomic mass is 10.1. The Hall–Kier alpha value is -3.38. The fourth-order valence-electron chi connectivity index (χ4n) is 3.47. The first-order valence-corrected chi connectivity index (χ1v) is 10.2. The molecular formula is C21H20ClFN6O2. The van der Waals surface area contributed by atoms with Crippen molar-refractivity contribution in [2.75, 3.05) is 6.61 Å². The number of rotatable bonds is 6. The van der Waals surface area contributed by atoms with Crippen molar-refractivity contribution in [1.29, 1.82) is 5.26 Å². The maximum Gasteiger partial charge on any atom is 0.226 e. The van der Waals surface area contributed by atoms with Crippen molar-refractivity contribution in [3.63, 3.8) is 0 Å². The van der Waals surface area contributed by atoms with Crippen molar-refractivity contribution >= 4 is 17.5 Å². The zero-order valence-corrected chi connectivity index (χ0v) is 17.6. The minimum atomic E-state index is -0.688. The third-order valence-electron chi connectivity index (χ3n) is 4.86. The summed E-state index contributed by atoms with van der Waals surface area (Å²) in [5.41, 5.74) is 1.48. The number of benzene rings is 1. The number of aromatic nitrogens is 4. The van der Waals surface area contributed by atoms with Gasteiger partial charge < -0.3 is 10.1 Å². The van der Waals surface area contributed by atoms with Gasteiger partial charge in [-0.25, -0.2) is 9.07 Å². The number of ether oxygens (including phenoxy) is 1. The molecule has 2 aromatic heterocycles. The van der Waals surface area contributed by atoms with E-state index in [1.807, 2.05) is 6.92 Å². The summed E-state index contributed by atoms with van der Waals surface area (Å²) in [7, 11) is 0. The molecule has 1 atom stereocenters. The summed E-state index contributed by atoms with van der Waals surface area (Å²) in [6.45, 7) is 3.77. The second-order valence-electron chi connectivity index (χ2n) is 7.39. The highest BCUT2D eigenvalue weighted by atomic mass is 35.5. The van der Waals surface area contributed by atoms with E-state index in [0.717, 1.165) is 13.0 Å². The average molecular weight is 443 g/mol. The lowest BCUT2D eigenvalue weighted by molar-refractivity contribution is -0.121. The van der Waals surface area contributed by atoms with Crippen molar-refractivity contribution in [2.45, 2.75) is 38.9 Å². The highest BCUT2D eigenvalue weighted by Crippen LogP contribution is 2.26. The normalized spacial score (nSPS) is 13.7. The summed E-state index contributed by atoms with van der Waals surface area (Å²) in [4.78, 5) is 12.4. The van der Waals surface area contributed by atoms with Crippen molar-refractivity contribution in [2.24, 2.45) is 0 Å². The topological polar surface area (TPSA) is 97.8 Å². The maximum absolute atomic E-state index is 14.0. The van der Waals surface area contributed by atoms with Gasteiger partial charge in [-0.3, -0.25) is 9.48 Å². The molecule has 1 aromatic carbocycles. The lowest BCUT2D eigenvalue weighted by Crippen LogP contribution is -2.36. The van der Waals surface area contributed by atoms with Crippen LogP contribution in [0.2, 0.25) is 5.02 Å². The lowest BCUT2D eigenvalue weighted by Gasteiger charge is -2.13. The van der Waals surface area contributed by atoms with Crippen molar-refractivity contribution in [3.8, 4) is 23.2 Å². The fourth-order valence-corrected chi connectivity index (χ4v) is 3.72. The van der Waals surface area contributed by atoms with Gasteiger partial charge in [-0.15, -0.1) is 0 Å². The number of carbonyl (C=O) groups is 1. The third-order valence-corrected chi connectivity index (χ3v) is 5.16. The van der Waals surface area contributed by atoms with E-state index in [4.69, 9.17) is 21.6 Å². The summed E-state index contributed by atoms with van der Waals surface area (Å²) < 4.78 is 23.0. The van der Waals surface area contributed by atoms with Crippen molar-refractivity contribution in [3.05, 3.63) is 52.6 Å². The molecule has 0 aliphatic carbocycles. The molecule has 3 aromatic rings. The molecule has 1 aliphatic rings. The molecule has 0 spiro atoms. The molecule has 8 nitrogen and oxygen atoms in total. The maximum atomic E-state index is 14.0. The summed E-state index contributed by atoms with van der Waals surface area (Å²) in [6, 6.07) is 7.81. The first-order valence-electron chi connectivity index (χ1n) is 9.85. The van der Waals surface area contributed by atoms with Gasteiger partial charge in [0.1, 0.15) is 17.4 Å². The standard InChI is InChI=1S/C21H20ClFN6O2/c1-13(25-20(30)9-15-10-21-29(26-15)4-2-6-31-21)12-28-5-3-19(27-28)14-7-17(22)16(11-24)18(23)8-14/h3,5,7-8,10,13H,2,4,6,9,12H2,1H3,(H,25,30)/t13-/m0/s1. The zero-order valence-electron chi connectivity index (χ0n) is 16.8. The molecule has 0 radical (unpaired) electrons. The second-order valence-corrected chi connectivity index (χ2v) is 7.80. The predicted octanol–water partition coefficient (Wildman–Crippen LogP) is 2.94.